The Balaban J connectivity index is 2.21. The van der Waals surface area contributed by atoms with Gasteiger partial charge in [0.05, 0.1) is 12.3 Å². The minimum atomic E-state index is -0.541. The van der Waals surface area contributed by atoms with E-state index >= 15 is 0 Å². The maximum atomic E-state index is 9.46. The molecule has 0 saturated heterocycles. The maximum Gasteiger partial charge on any atom is 0.219 e. The van der Waals surface area contributed by atoms with Crippen molar-refractivity contribution in [2.45, 2.75) is 13.0 Å². The molecule has 2 heterocycles. The largest absolute Gasteiger partial charge is 0.437 e. The zero-order valence-electron chi connectivity index (χ0n) is 9.17. The predicted octanol–water partition coefficient (Wildman–Crippen LogP) is 3.08. The van der Waals surface area contributed by atoms with Gasteiger partial charge in [0.15, 0.2) is 0 Å². The minimum absolute atomic E-state index is 0.434. The zero-order chi connectivity index (χ0) is 12.3. The SMILES string of the molecule is CC(O)c1ccnc(Oc2cncc(Br)c2)c1. The average Bonchev–Trinajstić information content (AvgIpc) is 2.29. The van der Waals surface area contributed by atoms with E-state index in [0.29, 0.717) is 11.6 Å². The number of pyridine rings is 2. The van der Waals surface area contributed by atoms with Gasteiger partial charge < -0.3 is 9.84 Å². The summed E-state index contributed by atoms with van der Waals surface area (Å²) in [6.45, 7) is 1.69. The van der Waals surface area contributed by atoms with Crippen LogP contribution < -0.4 is 4.74 Å². The number of nitrogens with zero attached hydrogens (tertiary/aromatic N) is 2. The molecule has 4 nitrogen and oxygen atoms in total. The van der Waals surface area contributed by atoms with Crippen molar-refractivity contribution < 1.29 is 9.84 Å². The Morgan fingerprint density at radius 2 is 2.18 bits per heavy atom. The molecule has 17 heavy (non-hydrogen) atoms. The number of hydrogen-bond acceptors (Lipinski definition) is 4. The van der Waals surface area contributed by atoms with Crippen LogP contribution in [0, 0.1) is 0 Å². The molecule has 2 aromatic rings. The summed E-state index contributed by atoms with van der Waals surface area (Å²) >= 11 is 3.31. The van der Waals surface area contributed by atoms with Gasteiger partial charge in [-0.05, 0) is 40.5 Å². The molecule has 0 aliphatic carbocycles. The summed E-state index contributed by atoms with van der Waals surface area (Å²) in [7, 11) is 0. The molecule has 0 fully saturated rings. The quantitative estimate of drug-likeness (QED) is 0.945. The highest BCUT2D eigenvalue weighted by molar-refractivity contribution is 9.10. The number of ether oxygens (including phenoxy) is 1. The molecule has 0 spiro atoms. The topological polar surface area (TPSA) is 55.2 Å². The van der Waals surface area contributed by atoms with Crippen molar-refractivity contribution in [3.63, 3.8) is 0 Å². The van der Waals surface area contributed by atoms with E-state index < -0.39 is 6.10 Å². The Morgan fingerprint density at radius 3 is 2.88 bits per heavy atom. The third-order valence-electron chi connectivity index (χ3n) is 2.14. The molecule has 0 bridgehead atoms. The van der Waals surface area contributed by atoms with E-state index in [-0.39, 0.29) is 0 Å². The Labute approximate surface area is 107 Å². The highest BCUT2D eigenvalue weighted by Crippen LogP contribution is 2.23. The summed E-state index contributed by atoms with van der Waals surface area (Å²) in [6.07, 6.45) is 4.33. The molecule has 2 rings (SSSR count). The average molecular weight is 295 g/mol. The van der Waals surface area contributed by atoms with Crippen molar-refractivity contribution in [2.75, 3.05) is 0 Å². The van der Waals surface area contributed by atoms with Gasteiger partial charge in [0.25, 0.3) is 0 Å². The fourth-order valence-corrected chi connectivity index (χ4v) is 1.65. The predicted molar refractivity (Wildman–Crippen MR) is 66.9 cm³/mol. The summed E-state index contributed by atoms with van der Waals surface area (Å²) in [4.78, 5) is 8.06. The van der Waals surface area contributed by atoms with Crippen LogP contribution in [-0.2, 0) is 0 Å². The van der Waals surface area contributed by atoms with E-state index in [1.807, 2.05) is 0 Å². The molecule has 0 saturated carbocycles. The molecule has 1 unspecified atom stereocenters. The molecule has 0 radical (unpaired) electrons. The number of aliphatic hydroxyl groups excluding tert-OH is 1. The maximum absolute atomic E-state index is 9.46. The van der Waals surface area contributed by atoms with Gasteiger partial charge in [-0.25, -0.2) is 4.98 Å². The number of rotatable bonds is 3. The van der Waals surface area contributed by atoms with Crippen molar-refractivity contribution >= 4 is 15.9 Å². The third kappa shape index (κ3) is 3.25. The van der Waals surface area contributed by atoms with Gasteiger partial charge in [0.1, 0.15) is 5.75 Å². The third-order valence-corrected chi connectivity index (χ3v) is 2.58. The standard InChI is InChI=1S/C12H11BrN2O2/c1-8(16)9-2-3-15-12(4-9)17-11-5-10(13)6-14-7-11/h2-8,16H,1H3. The van der Waals surface area contributed by atoms with Gasteiger partial charge in [-0.2, -0.15) is 0 Å². The molecular formula is C12H11BrN2O2. The number of aromatic nitrogens is 2. The van der Waals surface area contributed by atoms with Crippen LogP contribution in [0.5, 0.6) is 11.6 Å². The molecular weight excluding hydrogens is 284 g/mol. The lowest BCUT2D eigenvalue weighted by Gasteiger charge is -2.08. The van der Waals surface area contributed by atoms with Gasteiger partial charge in [-0.3, -0.25) is 4.98 Å². The lowest BCUT2D eigenvalue weighted by atomic mass is 10.2. The van der Waals surface area contributed by atoms with Crippen LogP contribution in [-0.4, -0.2) is 15.1 Å². The second-order valence-electron chi connectivity index (χ2n) is 3.54. The van der Waals surface area contributed by atoms with Crippen molar-refractivity contribution in [3.8, 4) is 11.6 Å². The molecule has 5 heteroatoms. The van der Waals surface area contributed by atoms with Crippen LogP contribution in [0.3, 0.4) is 0 Å². The molecule has 0 amide bonds. The summed E-state index contributed by atoms with van der Waals surface area (Å²) in [5.41, 5.74) is 0.762. The molecule has 0 aromatic carbocycles. The Kier molecular flexibility index (Phi) is 3.71. The Bertz CT molecular complexity index is 517. The van der Waals surface area contributed by atoms with Gasteiger partial charge >= 0.3 is 0 Å². The molecule has 2 aromatic heterocycles. The van der Waals surface area contributed by atoms with Gasteiger partial charge in [0.2, 0.25) is 5.88 Å². The number of halogens is 1. The van der Waals surface area contributed by atoms with E-state index in [1.165, 1.54) is 0 Å². The van der Waals surface area contributed by atoms with Gasteiger partial charge in [-0.1, -0.05) is 0 Å². The molecule has 88 valence electrons. The van der Waals surface area contributed by atoms with Crippen molar-refractivity contribution in [1.82, 2.24) is 9.97 Å². The van der Waals surface area contributed by atoms with Crippen LogP contribution in [0.2, 0.25) is 0 Å². The highest BCUT2D eigenvalue weighted by Gasteiger charge is 2.04. The summed E-state index contributed by atoms with van der Waals surface area (Å²) in [5.74, 6) is 1.03. The Hall–Kier alpha value is -1.46. The number of hydrogen-bond donors (Lipinski definition) is 1. The van der Waals surface area contributed by atoms with Crippen molar-refractivity contribution in [2.24, 2.45) is 0 Å². The van der Waals surface area contributed by atoms with Crippen molar-refractivity contribution in [3.05, 3.63) is 46.8 Å². The minimum Gasteiger partial charge on any atom is -0.437 e. The Morgan fingerprint density at radius 1 is 1.35 bits per heavy atom. The second kappa shape index (κ2) is 5.25. The van der Waals surface area contributed by atoms with Crippen LogP contribution in [0.25, 0.3) is 0 Å². The van der Waals surface area contributed by atoms with E-state index in [9.17, 15) is 5.11 Å². The zero-order valence-corrected chi connectivity index (χ0v) is 10.8. The normalized spacial score (nSPS) is 12.2. The number of aliphatic hydroxyl groups is 1. The first-order chi connectivity index (χ1) is 8.15. The highest BCUT2D eigenvalue weighted by atomic mass is 79.9. The van der Waals surface area contributed by atoms with Crippen molar-refractivity contribution in [1.29, 1.82) is 0 Å². The van der Waals surface area contributed by atoms with E-state index in [1.54, 1.807) is 43.7 Å². The summed E-state index contributed by atoms with van der Waals surface area (Å²) in [6, 6.07) is 5.24. The summed E-state index contributed by atoms with van der Waals surface area (Å²) in [5, 5.41) is 9.46. The lowest BCUT2D eigenvalue weighted by Crippen LogP contribution is -1.94. The second-order valence-corrected chi connectivity index (χ2v) is 4.46. The molecule has 0 aliphatic rings. The fourth-order valence-electron chi connectivity index (χ4n) is 1.31. The van der Waals surface area contributed by atoms with Crippen LogP contribution in [0.4, 0.5) is 0 Å². The van der Waals surface area contributed by atoms with Crippen LogP contribution >= 0.6 is 15.9 Å². The monoisotopic (exact) mass is 294 g/mol. The molecule has 0 aliphatic heterocycles. The van der Waals surface area contributed by atoms with Gasteiger partial charge in [-0.15, -0.1) is 0 Å². The fraction of sp³-hybridized carbons (Fsp3) is 0.167. The first-order valence-corrected chi connectivity index (χ1v) is 5.87. The first kappa shape index (κ1) is 12.0. The van der Waals surface area contributed by atoms with E-state index in [4.69, 9.17) is 4.74 Å². The van der Waals surface area contributed by atoms with E-state index in [0.717, 1.165) is 10.0 Å². The first-order valence-electron chi connectivity index (χ1n) is 5.07. The lowest BCUT2D eigenvalue weighted by molar-refractivity contribution is 0.198. The van der Waals surface area contributed by atoms with E-state index in [2.05, 4.69) is 25.9 Å². The summed E-state index contributed by atoms with van der Waals surface area (Å²) < 4.78 is 6.37. The van der Waals surface area contributed by atoms with Gasteiger partial charge in [0, 0.05) is 22.9 Å². The van der Waals surface area contributed by atoms with Crippen LogP contribution in [0.15, 0.2) is 41.3 Å². The molecule has 1 atom stereocenters. The molecule has 1 N–H and O–H groups in total. The van der Waals surface area contributed by atoms with Crippen LogP contribution in [0.1, 0.15) is 18.6 Å². The smallest absolute Gasteiger partial charge is 0.219 e.